The first-order chi connectivity index (χ1) is 12.7. The van der Waals surface area contributed by atoms with Crippen LogP contribution >= 0.6 is 23.2 Å². The number of benzene rings is 2. The minimum atomic E-state index is 0.358. The second-order valence-corrected chi connectivity index (χ2v) is 7.64. The maximum atomic E-state index is 6.37. The molecule has 136 valence electrons. The number of fused-ring (bicyclic) bond motifs is 1. The molecular weight excluding hydrogens is 367 g/mol. The Kier molecular flexibility index (Phi) is 5.51. The van der Waals surface area contributed by atoms with Crippen LogP contribution in [0.4, 0.5) is 0 Å². The van der Waals surface area contributed by atoms with E-state index >= 15 is 0 Å². The molecule has 1 saturated heterocycles. The Bertz CT molecular complexity index is 900. The van der Waals surface area contributed by atoms with Gasteiger partial charge >= 0.3 is 0 Å². The number of aromatic nitrogens is 1. The number of nitrogens with one attached hydrogen (secondary N) is 1. The van der Waals surface area contributed by atoms with Gasteiger partial charge in [-0.3, -0.25) is 0 Å². The molecule has 1 atom stereocenters. The molecule has 2 heterocycles. The van der Waals surface area contributed by atoms with Gasteiger partial charge in [0.1, 0.15) is 0 Å². The molecule has 1 aromatic heterocycles. The summed E-state index contributed by atoms with van der Waals surface area (Å²) in [5.74, 6) is 0. The summed E-state index contributed by atoms with van der Waals surface area (Å²) in [5, 5.41) is 6.19. The summed E-state index contributed by atoms with van der Waals surface area (Å²) in [7, 11) is 0. The van der Waals surface area contributed by atoms with E-state index in [0.717, 1.165) is 38.2 Å². The van der Waals surface area contributed by atoms with Crippen LogP contribution in [0.25, 0.3) is 10.9 Å². The highest BCUT2D eigenvalue weighted by Gasteiger charge is 2.15. The monoisotopic (exact) mass is 388 g/mol. The fourth-order valence-electron chi connectivity index (χ4n) is 3.60. The van der Waals surface area contributed by atoms with Crippen LogP contribution in [-0.4, -0.2) is 23.8 Å². The lowest BCUT2D eigenvalue weighted by Crippen LogP contribution is -2.25. The fraction of sp³-hybridized carbons (Fsp3) is 0.333. The van der Waals surface area contributed by atoms with Gasteiger partial charge in [-0.2, -0.15) is 0 Å². The summed E-state index contributed by atoms with van der Waals surface area (Å²) >= 11 is 12.4. The van der Waals surface area contributed by atoms with Crippen LogP contribution in [0.3, 0.4) is 0 Å². The van der Waals surface area contributed by atoms with Crippen LogP contribution in [0.2, 0.25) is 10.0 Å². The number of hydrogen-bond acceptors (Lipinski definition) is 2. The highest BCUT2D eigenvalue weighted by molar-refractivity contribution is 6.35. The Labute approximate surface area is 163 Å². The number of halogens is 2. The Morgan fingerprint density at radius 3 is 2.81 bits per heavy atom. The van der Waals surface area contributed by atoms with Crippen molar-refractivity contribution in [3.8, 4) is 0 Å². The van der Waals surface area contributed by atoms with Crippen molar-refractivity contribution in [1.82, 2.24) is 9.88 Å². The average Bonchev–Trinajstić information content (AvgIpc) is 3.26. The molecule has 0 saturated carbocycles. The van der Waals surface area contributed by atoms with Crippen molar-refractivity contribution in [3.63, 3.8) is 0 Å². The topological polar surface area (TPSA) is 26.2 Å². The van der Waals surface area contributed by atoms with Gasteiger partial charge in [0.25, 0.3) is 0 Å². The lowest BCUT2D eigenvalue weighted by atomic mass is 10.1. The normalized spacial score (nSPS) is 17.2. The lowest BCUT2D eigenvalue weighted by molar-refractivity contribution is 0.110. The highest BCUT2D eigenvalue weighted by Crippen LogP contribution is 2.26. The summed E-state index contributed by atoms with van der Waals surface area (Å²) in [4.78, 5) is 0. The second kappa shape index (κ2) is 8.01. The van der Waals surface area contributed by atoms with E-state index in [0.29, 0.717) is 16.1 Å². The zero-order valence-electron chi connectivity index (χ0n) is 14.6. The molecule has 5 heteroatoms. The van der Waals surface area contributed by atoms with Crippen molar-refractivity contribution in [1.29, 1.82) is 0 Å². The van der Waals surface area contributed by atoms with Gasteiger partial charge in [0, 0.05) is 53.4 Å². The summed E-state index contributed by atoms with van der Waals surface area (Å²) in [5.41, 5.74) is 3.58. The summed E-state index contributed by atoms with van der Waals surface area (Å²) in [6.07, 6.45) is 4.91. The fourth-order valence-corrected chi connectivity index (χ4v) is 4.07. The minimum absolute atomic E-state index is 0.358. The largest absolute Gasteiger partial charge is 0.377 e. The molecule has 1 N–H and O–H groups in total. The molecule has 0 aliphatic carbocycles. The van der Waals surface area contributed by atoms with Gasteiger partial charge in [-0.15, -0.1) is 0 Å². The lowest BCUT2D eigenvalue weighted by Gasteiger charge is -2.10. The van der Waals surface area contributed by atoms with Gasteiger partial charge in [0.15, 0.2) is 0 Å². The standard InChI is InChI=1S/C21H22Cl2N2O/c22-17-8-7-15(20(23)10-17)13-25-14-16(19-5-1-2-6-21(19)25)11-24-12-18-4-3-9-26-18/h1-2,5-8,10,14,18,24H,3-4,9,11-13H2/t18-/m1/s1. The zero-order valence-corrected chi connectivity index (χ0v) is 16.1. The molecule has 1 aliphatic rings. The van der Waals surface area contributed by atoms with Crippen molar-refractivity contribution in [2.45, 2.75) is 32.0 Å². The number of ether oxygens (including phenoxy) is 1. The molecule has 0 radical (unpaired) electrons. The first kappa shape index (κ1) is 17.9. The first-order valence-electron chi connectivity index (χ1n) is 9.04. The van der Waals surface area contributed by atoms with Gasteiger partial charge in [-0.25, -0.2) is 0 Å². The summed E-state index contributed by atoms with van der Waals surface area (Å²) in [6, 6.07) is 14.2. The third-order valence-electron chi connectivity index (χ3n) is 4.94. The van der Waals surface area contributed by atoms with Crippen molar-refractivity contribution < 1.29 is 4.74 Å². The zero-order chi connectivity index (χ0) is 17.9. The SMILES string of the molecule is Clc1ccc(Cn2cc(CNC[C@H]3CCCO3)c3ccccc32)c(Cl)c1. The molecule has 2 aromatic carbocycles. The summed E-state index contributed by atoms with van der Waals surface area (Å²) < 4.78 is 7.95. The molecule has 3 aromatic rings. The van der Waals surface area contributed by atoms with Crippen molar-refractivity contribution in [2.24, 2.45) is 0 Å². The quantitative estimate of drug-likeness (QED) is 0.622. The Balaban J connectivity index is 1.55. The molecule has 3 nitrogen and oxygen atoms in total. The molecule has 0 amide bonds. The molecule has 1 aliphatic heterocycles. The van der Waals surface area contributed by atoms with Crippen molar-refractivity contribution in [2.75, 3.05) is 13.2 Å². The van der Waals surface area contributed by atoms with Gasteiger partial charge < -0.3 is 14.6 Å². The predicted octanol–water partition coefficient (Wildman–Crippen LogP) is 5.27. The third-order valence-corrected chi connectivity index (χ3v) is 5.53. The molecule has 26 heavy (non-hydrogen) atoms. The number of hydrogen-bond donors (Lipinski definition) is 1. The molecule has 1 fully saturated rings. The van der Waals surface area contributed by atoms with Gasteiger partial charge in [-0.1, -0.05) is 47.5 Å². The highest BCUT2D eigenvalue weighted by atomic mass is 35.5. The predicted molar refractivity (Wildman–Crippen MR) is 108 cm³/mol. The van der Waals surface area contributed by atoms with Crippen LogP contribution in [0, 0.1) is 0 Å². The van der Waals surface area contributed by atoms with E-state index in [-0.39, 0.29) is 0 Å². The van der Waals surface area contributed by atoms with Gasteiger partial charge in [-0.05, 0) is 42.2 Å². The van der Waals surface area contributed by atoms with Crippen molar-refractivity contribution in [3.05, 3.63) is 69.8 Å². The third kappa shape index (κ3) is 3.91. The maximum absolute atomic E-state index is 6.37. The number of para-hydroxylation sites is 1. The van der Waals surface area contributed by atoms with E-state index in [1.54, 1.807) is 6.07 Å². The molecule has 0 bridgehead atoms. The number of nitrogens with zero attached hydrogens (tertiary/aromatic N) is 1. The van der Waals surface area contributed by atoms with E-state index in [1.807, 2.05) is 12.1 Å². The minimum Gasteiger partial charge on any atom is -0.377 e. The smallest absolute Gasteiger partial charge is 0.0700 e. The van der Waals surface area contributed by atoms with E-state index < -0.39 is 0 Å². The Morgan fingerprint density at radius 1 is 1.12 bits per heavy atom. The second-order valence-electron chi connectivity index (χ2n) is 6.80. The van der Waals surface area contributed by atoms with E-state index in [2.05, 4.69) is 40.3 Å². The van der Waals surface area contributed by atoms with Crippen LogP contribution < -0.4 is 5.32 Å². The Hall–Kier alpha value is -1.52. The van der Waals surface area contributed by atoms with Gasteiger partial charge in [0.05, 0.1) is 6.10 Å². The van der Waals surface area contributed by atoms with Crippen LogP contribution in [0.15, 0.2) is 48.7 Å². The van der Waals surface area contributed by atoms with Crippen LogP contribution in [0.5, 0.6) is 0 Å². The maximum Gasteiger partial charge on any atom is 0.0700 e. The van der Waals surface area contributed by atoms with Gasteiger partial charge in [0.2, 0.25) is 0 Å². The number of rotatable bonds is 6. The molecule has 0 spiro atoms. The van der Waals surface area contributed by atoms with E-state index in [1.165, 1.54) is 22.9 Å². The molecule has 4 rings (SSSR count). The average molecular weight is 389 g/mol. The first-order valence-corrected chi connectivity index (χ1v) is 9.79. The molecular formula is C21H22Cl2N2O. The van der Waals surface area contributed by atoms with Crippen LogP contribution in [-0.2, 0) is 17.8 Å². The molecule has 0 unspecified atom stereocenters. The van der Waals surface area contributed by atoms with E-state index in [4.69, 9.17) is 27.9 Å². The van der Waals surface area contributed by atoms with E-state index in [9.17, 15) is 0 Å². The van der Waals surface area contributed by atoms with Crippen LogP contribution in [0.1, 0.15) is 24.0 Å². The Morgan fingerprint density at radius 2 is 2.00 bits per heavy atom. The summed E-state index contributed by atoms with van der Waals surface area (Å²) in [6.45, 7) is 3.36. The van der Waals surface area contributed by atoms with Crippen molar-refractivity contribution >= 4 is 34.1 Å².